The third kappa shape index (κ3) is 5.80. The minimum Gasteiger partial charge on any atom is -0.297 e. The van der Waals surface area contributed by atoms with Gasteiger partial charge in [-0.25, -0.2) is 0 Å². The van der Waals surface area contributed by atoms with Crippen molar-refractivity contribution in [2.24, 2.45) is 5.84 Å². The van der Waals surface area contributed by atoms with Crippen molar-refractivity contribution in [1.82, 2.24) is 10.3 Å². The Labute approximate surface area is 121 Å². The van der Waals surface area contributed by atoms with E-state index in [1.165, 1.54) is 38.5 Å². The fourth-order valence-electron chi connectivity index (χ4n) is 3.16. The molecule has 0 aromatic carbocycles. The summed E-state index contributed by atoms with van der Waals surface area (Å²) in [6.07, 6.45) is 8.98. The molecule has 3 nitrogen and oxygen atoms in total. The molecule has 0 aliphatic carbocycles. The fraction of sp³-hybridized carbons (Fsp3) is 1.00. The average molecular weight is 271 g/mol. The van der Waals surface area contributed by atoms with E-state index in [1.54, 1.807) is 0 Å². The highest BCUT2D eigenvalue weighted by atomic mass is 15.3. The molecular weight excluding hydrogens is 234 g/mol. The largest absolute Gasteiger partial charge is 0.297 e. The van der Waals surface area contributed by atoms with E-state index in [-0.39, 0.29) is 5.54 Å². The van der Waals surface area contributed by atoms with Crippen molar-refractivity contribution >= 4 is 0 Å². The molecule has 0 aliphatic rings. The molecule has 0 saturated carbocycles. The van der Waals surface area contributed by atoms with Gasteiger partial charge in [0.25, 0.3) is 0 Å². The SMILES string of the molecule is CCCCCCCC(NN)C(C)(CC)N(CC)CC. The molecule has 0 saturated heterocycles. The van der Waals surface area contributed by atoms with Crippen LogP contribution >= 0.6 is 0 Å². The van der Waals surface area contributed by atoms with Gasteiger partial charge in [-0.15, -0.1) is 0 Å². The Hall–Kier alpha value is -0.120. The summed E-state index contributed by atoms with van der Waals surface area (Å²) in [7, 11) is 0. The first-order chi connectivity index (χ1) is 9.10. The van der Waals surface area contributed by atoms with Crippen molar-refractivity contribution in [1.29, 1.82) is 0 Å². The lowest BCUT2D eigenvalue weighted by molar-refractivity contribution is 0.0656. The van der Waals surface area contributed by atoms with Gasteiger partial charge in [0.2, 0.25) is 0 Å². The standard InChI is InChI=1S/C16H37N3/c1-6-10-11-12-13-14-15(18-17)16(5,7-2)19(8-3)9-4/h15,18H,6-14,17H2,1-5H3. The summed E-state index contributed by atoms with van der Waals surface area (Å²) in [5, 5.41) is 0. The maximum absolute atomic E-state index is 5.85. The lowest BCUT2D eigenvalue weighted by atomic mass is 9.84. The second-order valence-electron chi connectivity index (χ2n) is 5.81. The topological polar surface area (TPSA) is 41.3 Å². The first-order valence-corrected chi connectivity index (χ1v) is 8.31. The van der Waals surface area contributed by atoms with E-state index in [1.807, 2.05) is 0 Å². The first-order valence-electron chi connectivity index (χ1n) is 8.31. The highest BCUT2D eigenvalue weighted by Gasteiger charge is 2.35. The number of nitrogens with zero attached hydrogens (tertiary/aromatic N) is 1. The van der Waals surface area contributed by atoms with Crippen molar-refractivity contribution in [3.05, 3.63) is 0 Å². The van der Waals surface area contributed by atoms with Crippen LogP contribution < -0.4 is 11.3 Å². The van der Waals surface area contributed by atoms with Gasteiger partial charge in [0.15, 0.2) is 0 Å². The van der Waals surface area contributed by atoms with E-state index < -0.39 is 0 Å². The number of rotatable bonds is 12. The molecule has 19 heavy (non-hydrogen) atoms. The monoisotopic (exact) mass is 271 g/mol. The van der Waals surface area contributed by atoms with Crippen molar-refractivity contribution < 1.29 is 0 Å². The van der Waals surface area contributed by atoms with Crippen LogP contribution in [0.1, 0.15) is 79.6 Å². The minimum atomic E-state index is 0.170. The number of unbranched alkanes of at least 4 members (excludes halogenated alkanes) is 4. The average Bonchev–Trinajstić information content (AvgIpc) is 2.43. The highest BCUT2D eigenvalue weighted by Crippen LogP contribution is 2.26. The van der Waals surface area contributed by atoms with Crippen LogP contribution in [-0.4, -0.2) is 29.6 Å². The number of hydrogen-bond acceptors (Lipinski definition) is 3. The zero-order valence-electron chi connectivity index (χ0n) is 14.0. The summed E-state index contributed by atoms with van der Waals surface area (Å²) >= 11 is 0. The summed E-state index contributed by atoms with van der Waals surface area (Å²) in [6, 6.07) is 0.388. The molecule has 116 valence electrons. The van der Waals surface area contributed by atoms with Gasteiger partial charge in [0, 0.05) is 11.6 Å². The lowest BCUT2D eigenvalue weighted by Gasteiger charge is -2.45. The van der Waals surface area contributed by atoms with Crippen LogP contribution in [-0.2, 0) is 0 Å². The van der Waals surface area contributed by atoms with Crippen LogP contribution in [0.5, 0.6) is 0 Å². The molecule has 0 radical (unpaired) electrons. The van der Waals surface area contributed by atoms with Gasteiger partial charge in [0.05, 0.1) is 0 Å². The Kier molecular flexibility index (Phi) is 10.6. The van der Waals surface area contributed by atoms with Crippen LogP contribution in [0, 0.1) is 0 Å². The highest BCUT2D eigenvalue weighted by molar-refractivity contribution is 4.94. The normalized spacial score (nSPS) is 16.6. The number of hydrogen-bond donors (Lipinski definition) is 2. The summed E-state index contributed by atoms with van der Waals surface area (Å²) in [5.41, 5.74) is 3.26. The van der Waals surface area contributed by atoms with Crippen molar-refractivity contribution in [3.63, 3.8) is 0 Å². The lowest BCUT2D eigenvalue weighted by Crippen LogP contribution is -2.60. The number of likely N-dealkylation sites (N-methyl/N-ethyl adjacent to an activating group) is 1. The van der Waals surface area contributed by atoms with Crippen LogP contribution in [0.3, 0.4) is 0 Å². The minimum absolute atomic E-state index is 0.170. The van der Waals surface area contributed by atoms with E-state index in [0.29, 0.717) is 6.04 Å². The van der Waals surface area contributed by atoms with Gasteiger partial charge in [0.1, 0.15) is 0 Å². The number of nitrogens with one attached hydrogen (secondary N) is 1. The second kappa shape index (κ2) is 10.6. The molecule has 0 spiro atoms. The molecule has 0 heterocycles. The van der Waals surface area contributed by atoms with E-state index in [9.17, 15) is 0 Å². The molecule has 0 rings (SSSR count). The van der Waals surface area contributed by atoms with Gasteiger partial charge >= 0.3 is 0 Å². The molecule has 2 unspecified atom stereocenters. The third-order valence-corrected chi connectivity index (χ3v) is 4.75. The van der Waals surface area contributed by atoms with E-state index >= 15 is 0 Å². The summed E-state index contributed by atoms with van der Waals surface area (Å²) < 4.78 is 0. The number of hydrazine groups is 1. The van der Waals surface area contributed by atoms with Gasteiger partial charge in [-0.2, -0.15) is 0 Å². The first kappa shape index (κ1) is 18.9. The Balaban J connectivity index is 4.42. The maximum atomic E-state index is 5.85. The second-order valence-corrected chi connectivity index (χ2v) is 5.81. The Morgan fingerprint density at radius 3 is 2.00 bits per heavy atom. The van der Waals surface area contributed by atoms with E-state index in [2.05, 4.69) is 44.9 Å². The zero-order chi connectivity index (χ0) is 14.7. The molecule has 0 aromatic heterocycles. The van der Waals surface area contributed by atoms with Crippen LogP contribution in [0.4, 0.5) is 0 Å². The molecule has 3 N–H and O–H groups in total. The molecular formula is C16H37N3. The van der Waals surface area contributed by atoms with E-state index in [0.717, 1.165) is 19.5 Å². The molecule has 2 atom stereocenters. The van der Waals surface area contributed by atoms with Gasteiger partial charge < -0.3 is 0 Å². The molecule has 0 amide bonds. The zero-order valence-corrected chi connectivity index (χ0v) is 14.0. The van der Waals surface area contributed by atoms with Crippen molar-refractivity contribution in [3.8, 4) is 0 Å². The quantitative estimate of drug-likeness (QED) is 0.323. The van der Waals surface area contributed by atoms with Gasteiger partial charge in [-0.05, 0) is 32.9 Å². The van der Waals surface area contributed by atoms with Crippen LogP contribution in [0.25, 0.3) is 0 Å². The third-order valence-electron chi connectivity index (χ3n) is 4.75. The van der Waals surface area contributed by atoms with Crippen molar-refractivity contribution in [2.45, 2.75) is 91.1 Å². The smallest absolute Gasteiger partial charge is 0.0391 e. The van der Waals surface area contributed by atoms with Crippen LogP contribution in [0.15, 0.2) is 0 Å². The Bertz CT molecular complexity index is 204. The van der Waals surface area contributed by atoms with E-state index in [4.69, 9.17) is 5.84 Å². The molecule has 3 heteroatoms. The Morgan fingerprint density at radius 1 is 1.00 bits per heavy atom. The molecule has 0 aromatic rings. The number of nitrogens with two attached hydrogens (primary N) is 1. The van der Waals surface area contributed by atoms with Crippen molar-refractivity contribution in [2.75, 3.05) is 13.1 Å². The predicted octanol–water partition coefficient (Wildman–Crippen LogP) is 3.69. The fourth-order valence-corrected chi connectivity index (χ4v) is 3.16. The Morgan fingerprint density at radius 2 is 1.58 bits per heavy atom. The summed E-state index contributed by atoms with van der Waals surface area (Å²) in [6.45, 7) is 13.6. The van der Waals surface area contributed by atoms with Gasteiger partial charge in [-0.3, -0.25) is 16.2 Å². The summed E-state index contributed by atoms with van der Waals surface area (Å²) in [5.74, 6) is 5.85. The maximum Gasteiger partial charge on any atom is 0.0391 e. The molecule has 0 bridgehead atoms. The predicted molar refractivity (Wildman–Crippen MR) is 86.1 cm³/mol. The van der Waals surface area contributed by atoms with Crippen LogP contribution in [0.2, 0.25) is 0 Å². The van der Waals surface area contributed by atoms with Gasteiger partial charge in [-0.1, -0.05) is 59.8 Å². The molecule has 0 fully saturated rings. The molecule has 0 aliphatic heterocycles. The summed E-state index contributed by atoms with van der Waals surface area (Å²) in [4.78, 5) is 2.55.